The van der Waals surface area contributed by atoms with Crippen LogP contribution in [0.4, 0.5) is 0 Å². The van der Waals surface area contributed by atoms with Crippen molar-refractivity contribution < 1.29 is 9.53 Å². The highest BCUT2D eigenvalue weighted by molar-refractivity contribution is 5.77. The molecule has 150 valence electrons. The number of pyridine rings is 1. The molecule has 0 atom stereocenters. The smallest absolute Gasteiger partial charge is 0.261 e. The first-order valence-electron chi connectivity index (χ1n) is 10.0. The van der Waals surface area contributed by atoms with Gasteiger partial charge in [0.2, 0.25) is 11.8 Å². The van der Waals surface area contributed by atoms with Gasteiger partial charge in [-0.2, -0.15) is 0 Å². The Morgan fingerprint density at radius 3 is 2.86 bits per heavy atom. The zero-order valence-corrected chi connectivity index (χ0v) is 16.2. The van der Waals surface area contributed by atoms with Crippen LogP contribution in [-0.4, -0.2) is 26.5 Å². The van der Waals surface area contributed by atoms with E-state index in [0.29, 0.717) is 23.3 Å². The van der Waals surface area contributed by atoms with Crippen LogP contribution in [0.3, 0.4) is 0 Å². The maximum Gasteiger partial charge on any atom is 0.261 e. The average molecular weight is 392 g/mol. The van der Waals surface area contributed by atoms with Crippen LogP contribution in [-0.2, 0) is 17.9 Å². The van der Waals surface area contributed by atoms with Crippen molar-refractivity contribution in [3.8, 4) is 5.88 Å². The molecule has 0 radical (unpaired) electrons. The minimum absolute atomic E-state index is 0.125. The maximum absolute atomic E-state index is 12.5. The molecule has 7 heteroatoms. The Hall–Kier alpha value is -3.22. The molecule has 1 N–H and O–H groups in total. The van der Waals surface area contributed by atoms with E-state index < -0.39 is 0 Å². The highest BCUT2D eigenvalue weighted by atomic mass is 16.5. The van der Waals surface area contributed by atoms with Gasteiger partial charge in [-0.1, -0.05) is 12.1 Å². The zero-order chi connectivity index (χ0) is 20.1. The number of ether oxygens (including phenoxy) is 1. The molecule has 0 unspecified atom stereocenters. The van der Waals surface area contributed by atoms with E-state index in [0.717, 1.165) is 18.4 Å². The quantitative estimate of drug-likeness (QED) is 0.668. The first-order chi connectivity index (χ1) is 14.2. The van der Waals surface area contributed by atoms with Gasteiger partial charge in [-0.15, -0.1) is 0 Å². The van der Waals surface area contributed by atoms with Crippen molar-refractivity contribution in [3.05, 3.63) is 64.8 Å². The molecule has 1 aromatic carbocycles. The summed E-state index contributed by atoms with van der Waals surface area (Å²) in [5.41, 5.74) is 1.46. The zero-order valence-electron chi connectivity index (χ0n) is 16.2. The summed E-state index contributed by atoms with van der Waals surface area (Å²) in [6.45, 7) is 0.683. The van der Waals surface area contributed by atoms with Gasteiger partial charge in [0.25, 0.3) is 5.56 Å². The van der Waals surface area contributed by atoms with Crippen LogP contribution in [0.1, 0.15) is 37.7 Å². The van der Waals surface area contributed by atoms with Crippen LogP contribution in [0.2, 0.25) is 0 Å². The topological polar surface area (TPSA) is 86.1 Å². The lowest BCUT2D eigenvalue weighted by atomic mass is 10.2. The van der Waals surface area contributed by atoms with Gasteiger partial charge in [-0.3, -0.25) is 14.2 Å². The van der Waals surface area contributed by atoms with Crippen LogP contribution >= 0.6 is 0 Å². The van der Waals surface area contributed by atoms with E-state index in [1.807, 2.05) is 24.3 Å². The SMILES string of the molecule is O=C(CCn1cnc2ccccc2c1=O)NCc1ccnc(OC2CCCC2)c1. The summed E-state index contributed by atoms with van der Waals surface area (Å²) in [6, 6.07) is 10.9. The molecule has 0 aliphatic heterocycles. The monoisotopic (exact) mass is 392 g/mol. The number of aromatic nitrogens is 3. The number of hydrogen-bond acceptors (Lipinski definition) is 5. The number of nitrogens with zero attached hydrogens (tertiary/aromatic N) is 3. The van der Waals surface area contributed by atoms with Crippen LogP contribution < -0.4 is 15.6 Å². The van der Waals surface area contributed by atoms with Gasteiger partial charge in [0.1, 0.15) is 6.10 Å². The predicted octanol–water partition coefficient (Wildman–Crippen LogP) is 2.82. The lowest BCUT2D eigenvalue weighted by molar-refractivity contribution is -0.121. The highest BCUT2D eigenvalue weighted by Crippen LogP contribution is 2.23. The second kappa shape index (κ2) is 8.86. The molecule has 2 heterocycles. The predicted molar refractivity (Wildman–Crippen MR) is 110 cm³/mol. The fraction of sp³-hybridized carbons (Fsp3) is 0.364. The van der Waals surface area contributed by atoms with Gasteiger partial charge in [0.15, 0.2) is 0 Å². The number of hydrogen-bond donors (Lipinski definition) is 1. The maximum atomic E-state index is 12.5. The Morgan fingerprint density at radius 2 is 2.00 bits per heavy atom. The van der Waals surface area contributed by atoms with Crippen molar-refractivity contribution >= 4 is 16.8 Å². The Kier molecular flexibility index (Phi) is 5.84. The lowest BCUT2D eigenvalue weighted by Crippen LogP contribution is -2.27. The number of amides is 1. The summed E-state index contributed by atoms with van der Waals surface area (Å²) in [4.78, 5) is 33.2. The number of rotatable bonds is 7. The Labute approximate surface area is 168 Å². The van der Waals surface area contributed by atoms with Crippen molar-refractivity contribution in [2.24, 2.45) is 0 Å². The summed E-state index contributed by atoms with van der Waals surface area (Å²) in [5.74, 6) is 0.484. The molecular weight excluding hydrogens is 368 g/mol. The molecule has 0 saturated heterocycles. The molecular formula is C22H24N4O3. The summed E-state index contributed by atoms with van der Waals surface area (Å²) in [6.07, 6.45) is 8.21. The molecule has 3 aromatic rings. The van der Waals surface area contributed by atoms with Crippen molar-refractivity contribution in [2.75, 3.05) is 0 Å². The molecule has 4 rings (SSSR count). The van der Waals surface area contributed by atoms with Crippen LogP contribution in [0.15, 0.2) is 53.7 Å². The molecule has 2 aromatic heterocycles. The Bertz CT molecular complexity index is 1060. The number of fused-ring (bicyclic) bond motifs is 1. The van der Waals surface area contributed by atoms with Gasteiger partial charge in [0.05, 0.1) is 17.2 Å². The van der Waals surface area contributed by atoms with Crippen molar-refractivity contribution in [2.45, 2.75) is 51.3 Å². The molecule has 7 nitrogen and oxygen atoms in total. The summed E-state index contributed by atoms with van der Waals surface area (Å²) in [7, 11) is 0. The number of para-hydroxylation sites is 1. The summed E-state index contributed by atoms with van der Waals surface area (Å²) in [5, 5.41) is 3.45. The minimum Gasteiger partial charge on any atom is -0.474 e. The fourth-order valence-corrected chi connectivity index (χ4v) is 3.58. The van der Waals surface area contributed by atoms with Gasteiger partial charge >= 0.3 is 0 Å². The normalized spacial score (nSPS) is 14.2. The third-order valence-corrected chi connectivity index (χ3v) is 5.19. The fourth-order valence-electron chi connectivity index (χ4n) is 3.58. The number of nitrogens with one attached hydrogen (secondary N) is 1. The Morgan fingerprint density at radius 1 is 1.17 bits per heavy atom. The highest BCUT2D eigenvalue weighted by Gasteiger charge is 2.17. The second-order valence-electron chi connectivity index (χ2n) is 7.31. The first-order valence-corrected chi connectivity index (χ1v) is 10.0. The lowest BCUT2D eigenvalue weighted by Gasteiger charge is -2.13. The van der Waals surface area contributed by atoms with Crippen molar-refractivity contribution in [1.29, 1.82) is 0 Å². The van der Waals surface area contributed by atoms with Gasteiger partial charge in [-0.25, -0.2) is 9.97 Å². The molecule has 1 aliphatic rings. The number of aryl methyl sites for hydroxylation is 1. The van der Waals surface area contributed by atoms with E-state index in [1.54, 1.807) is 18.3 Å². The van der Waals surface area contributed by atoms with E-state index in [-0.39, 0.29) is 30.5 Å². The van der Waals surface area contributed by atoms with E-state index >= 15 is 0 Å². The number of carbonyl (C=O) groups excluding carboxylic acids is 1. The molecule has 1 fully saturated rings. The van der Waals surface area contributed by atoms with E-state index in [2.05, 4.69) is 15.3 Å². The van der Waals surface area contributed by atoms with Gasteiger partial charge in [-0.05, 0) is 49.4 Å². The average Bonchev–Trinajstić information content (AvgIpc) is 3.25. The van der Waals surface area contributed by atoms with E-state index in [9.17, 15) is 9.59 Å². The summed E-state index contributed by atoms with van der Waals surface area (Å²) < 4.78 is 7.38. The third-order valence-electron chi connectivity index (χ3n) is 5.19. The Balaban J connectivity index is 1.30. The van der Waals surface area contributed by atoms with Crippen LogP contribution in [0.25, 0.3) is 10.9 Å². The first kappa shape index (κ1) is 19.1. The van der Waals surface area contributed by atoms with Crippen molar-refractivity contribution in [3.63, 3.8) is 0 Å². The molecule has 0 spiro atoms. The minimum atomic E-state index is -0.133. The number of benzene rings is 1. The van der Waals surface area contributed by atoms with Gasteiger partial charge < -0.3 is 10.1 Å². The molecule has 0 bridgehead atoms. The van der Waals surface area contributed by atoms with Crippen molar-refractivity contribution in [1.82, 2.24) is 19.9 Å². The number of carbonyl (C=O) groups is 1. The molecule has 29 heavy (non-hydrogen) atoms. The molecule has 1 saturated carbocycles. The summed E-state index contributed by atoms with van der Waals surface area (Å²) >= 11 is 0. The van der Waals surface area contributed by atoms with Gasteiger partial charge in [0, 0.05) is 31.8 Å². The molecule has 1 aliphatic carbocycles. The molecule has 1 amide bonds. The van der Waals surface area contributed by atoms with E-state index in [4.69, 9.17) is 4.74 Å². The third kappa shape index (κ3) is 4.80. The second-order valence-corrected chi connectivity index (χ2v) is 7.31. The van der Waals surface area contributed by atoms with Crippen LogP contribution in [0.5, 0.6) is 5.88 Å². The van der Waals surface area contributed by atoms with Crippen LogP contribution in [0, 0.1) is 0 Å². The largest absolute Gasteiger partial charge is 0.474 e. The standard InChI is InChI=1S/C22H24N4O3/c27-20(10-12-26-15-25-19-8-4-3-7-18(19)22(26)28)24-14-16-9-11-23-21(13-16)29-17-5-1-2-6-17/h3-4,7-9,11,13,15,17H,1-2,5-6,10,12,14H2,(H,24,27). The van der Waals surface area contributed by atoms with E-state index in [1.165, 1.54) is 23.7 Å².